The average Bonchev–Trinajstić information content (AvgIpc) is 2.36. The molecule has 0 spiro atoms. The summed E-state index contributed by atoms with van der Waals surface area (Å²) in [6.07, 6.45) is 2.37. The zero-order valence-corrected chi connectivity index (χ0v) is 12.2. The van der Waals surface area contributed by atoms with Gasteiger partial charge in [0, 0.05) is 23.2 Å². The highest BCUT2D eigenvalue weighted by molar-refractivity contribution is 9.10. The molecule has 18 heavy (non-hydrogen) atoms. The predicted molar refractivity (Wildman–Crippen MR) is 77.6 cm³/mol. The quantitative estimate of drug-likeness (QED) is 0.930. The van der Waals surface area contributed by atoms with Gasteiger partial charge < -0.3 is 10.2 Å². The van der Waals surface area contributed by atoms with E-state index >= 15 is 0 Å². The van der Waals surface area contributed by atoms with Crippen molar-refractivity contribution < 1.29 is 4.79 Å². The van der Waals surface area contributed by atoms with E-state index < -0.39 is 0 Å². The molecule has 1 atom stereocenters. The standard InChI is InChI=1S/C14H19BrN2O/c1-11-4-3-7-17(10-11)14(18)9-16-13-6-2-5-12(15)8-13/h2,5-6,8,11,16H,3-4,7,9-10H2,1H3/t11-/m0/s1. The fourth-order valence-electron chi connectivity index (χ4n) is 2.30. The molecular formula is C14H19BrN2O. The molecule has 1 aromatic rings. The van der Waals surface area contributed by atoms with Gasteiger partial charge in [-0.2, -0.15) is 0 Å². The third-order valence-electron chi connectivity index (χ3n) is 3.28. The first-order chi connectivity index (χ1) is 8.65. The van der Waals surface area contributed by atoms with Crippen molar-refractivity contribution in [3.63, 3.8) is 0 Å². The molecular weight excluding hydrogens is 292 g/mol. The smallest absolute Gasteiger partial charge is 0.241 e. The lowest BCUT2D eigenvalue weighted by Crippen LogP contribution is -2.41. The Kier molecular flexibility index (Phi) is 4.64. The molecule has 1 fully saturated rings. The van der Waals surface area contributed by atoms with Crippen molar-refractivity contribution in [3.8, 4) is 0 Å². The number of rotatable bonds is 3. The van der Waals surface area contributed by atoms with Crippen LogP contribution in [0.25, 0.3) is 0 Å². The van der Waals surface area contributed by atoms with Crippen LogP contribution in [0.1, 0.15) is 19.8 Å². The van der Waals surface area contributed by atoms with E-state index in [9.17, 15) is 4.79 Å². The molecule has 4 heteroatoms. The first-order valence-electron chi connectivity index (χ1n) is 6.42. The van der Waals surface area contributed by atoms with Crippen LogP contribution in [0.4, 0.5) is 5.69 Å². The zero-order valence-electron chi connectivity index (χ0n) is 10.7. The van der Waals surface area contributed by atoms with Gasteiger partial charge in [0.2, 0.25) is 5.91 Å². The maximum Gasteiger partial charge on any atom is 0.241 e. The molecule has 0 saturated carbocycles. The molecule has 1 N–H and O–H groups in total. The second-order valence-corrected chi connectivity index (χ2v) is 5.87. The predicted octanol–water partition coefficient (Wildman–Crippen LogP) is 3.12. The normalized spacial score (nSPS) is 19.7. The Morgan fingerprint density at radius 2 is 2.39 bits per heavy atom. The number of halogens is 1. The fraction of sp³-hybridized carbons (Fsp3) is 0.500. The third kappa shape index (κ3) is 3.73. The lowest BCUT2D eigenvalue weighted by atomic mass is 10.0. The maximum absolute atomic E-state index is 12.1. The van der Waals surface area contributed by atoms with Crippen LogP contribution in [0.5, 0.6) is 0 Å². The first-order valence-corrected chi connectivity index (χ1v) is 7.21. The van der Waals surface area contributed by atoms with Crippen LogP contribution in [0, 0.1) is 5.92 Å². The van der Waals surface area contributed by atoms with Crippen molar-refractivity contribution in [1.29, 1.82) is 0 Å². The van der Waals surface area contributed by atoms with Crippen LogP contribution in [-0.4, -0.2) is 30.4 Å². The molecule has 1 aliphatic heterocycles. The number of hydrogen-bond donors (Lipinski definition) is 1. The van der Waals surface area contributed by atoms with Crippen molar-refractivity contribution in [2.45, 2.75) is 19.8 Å². The molecule has 0 aromatic heterocycles. The van der Waals surface area contributed by atoms with Gasteiger partial charge in [-0.1, -0.05) is 28.9 Å². The average molecular weight is 311 g/mol. The number of carbonyl (C=O) groups is 1. The number of carbonyl (C=O) groups excluding carboxylic acids is 1. The minimum Gasteiger partial charge on any atom is -0.376 e. The summed E-state index contributed by atoms with van der Waals surface area (Å²) in [6, 6.07) is 7.88. The number of nitrogens with zero attached hydrogens (tertiary/aromatic N) is 1. The van der Waals surface area contributed by atoms with E-state index in [1.165, 1.54) is 6.42 Å². The van der Waals surface area contributed by atoms with E-state index in [0.717, 1.165) is 29.7 Å². The van der Waals surface area contributed by atoms with E-state index in [1.807, 2.05) is 29.2 Å². The second kappa shape index (κ2) is 6.23. The van der Waals surface area contributed by atoms with Gasteiger partial charge in [-0.15, -0.1) is 0 Å². The molecule has 1 aromatic carbocycles. The van der Waals surface area contributed by atoms with E-state index in [0.29, 0.717) is 12.5 Å². The summed E-state index contributed by atoms with van der Waals surface area (Å²) < 4.78 is 1.02. The highest BCUT2D eigenvalue weighted by atomic mass is 79.9. The maximum atomic E-state index is 12.1. The van der Waals surface area contributed by atoms with Crippen LogP contribution in [0.2, 0.25) is 0 Å². The van der Waals surface area contributed by atoms with Crippen LogP contribution in [-0.2, 0) is 4.79 Å². The van der Waals surface area contributed by atoms with Gasteiger partial charge in [-0.25, -0.2) is 0 Å². The highest BCUT2D eigenvalue weighted by Crippen LogP contribution is 2.17. The number of benzene rings is 1. The summed E-state index contributed by atoms with van der Waals surface area (Å²) in [6.45, 7) is 4.40. The molecule has 0 radical (unpaired) electrons. The fourth-order valence-corrected chi connectivity index (χ4v) is 2.70. The van der Waals surface area contributed by atoms with E-state index in [1.54, 1.807) is 0 Å². The monoisotopic (exact) mass is 310 g/mol. The van der Waals surface area contributed by atoms with Gasteiger partial charge in [0.15, 0.2) is 0 Å². The lowest BCUT2D eigenvalue weighted by Gasteiger charge is -2.31. The number of likely N-dealkylation sites (tertiary alicyclic amines) is 1. The van der Waals surface area contributed by atoms with Crippen LogP contribution < -0.4 is 5.32 Å². The summed E-state index contributed by atoms with van der Waals surface area (Å²) in [5, 5.41) is 3.18. The number of hydrogen-bond acceptors (Lipinski definition) is 2. The van der Waals surface area contributed by atoms with Crippen molar-refractivity contribution >= 4 is 27.5 Å². The van der Waals surface area contributed by atoms with Gasteiger partial charge in [0.25, 0.3) is 0 Å². The topological polar surface area (TPSA) is 32.3 Å². The van der Waals surface area contributed by atoms with Crippen molar-refractivity contribution in [3.05, 3.63) is 28.7 Å². The van der Waals surface area contributed by atoms with Crippen LogP contribution in [0.3, 0.4) is 0 Å². The van der Waals surface area contributed by atoms with E-state index in [2.05, 4.69) is 28.2 Å². The van der Waals surface area contributed by atoms with Crippen molar-refractivity contribution in [1.82, 2.24) is 4.90 Å². The van der Waals surface area contributed by atoms with Gasteiger partial charge >= 0.3 is 0 Å². The summed E-state index contributed by atoms with van der Waals surface area (Å²) >= 11 is 3.42. The molecule has 1 saturated heterocycles. The Hall–Kier alpha value is -1.03. The Morgan fingerprint density at radius 1 is 1.56 bits per heavy atom. The first kappa shape index (κ1) is 13.4. The molecule has 0 unspecified atom stereocenters. The number of nitrogens with one attached hydrogen (secondary N) is 1. The molecule has 98 valence electrons. The third-order valence-corrected chi connectivity index (χ3v) is 3.77. The molecule has 0 aliphatic carbocycles. The molecule has 3 nitrogen and oxygen atoms in total. The second-order valence-electron chi connectivity index (χ2n) is 4.95. The Morgan fingerprint density at radius 3 is 3.11 bits per heavy atom. The SMILES string of the molecule is C[C@H]1CCCN(C(=O)CNc2cccc(Br)c2)C1. The number of piperidine rings is 1. The summed E-state index contributed by atoms with van der Waals surface area (Å²) in [5.74, 6) is 0.829. The highest BCUT2D eigenvalue weighted by Gasteiger charge is 2.20. The lowest BCUT2D eigenvalue weighted by molar-refractivity contribution is -0.130. The van der Waals surface area contributed by atoms with Crippen molar-refractivity contribution in [2.24, 2.45) is 5.92 Å². The minimum atomic E-state index is 0.196. The molecule has 1 heterocycles. The van der Waals surface area contributed by atoms with E-state index in [-0.39, 0.29) is 5.91 Å². The van der Waals surface area contributed by atoms with Gasteiger partial charge in [0.05, 0.1) is 6.54 Å². The molecule has 0 bridgehead atoms. The summed E-state index contributed by atoms with van der Waals surface area (Å²) in [4.78, 5) is 14.0. The summed E-state index contributed by atoms with van der Waals surface area (Å²) in [7, 11) is 0. The Labute approximate surface area is 117 Å². The number of anilines is 1. The Balaban J connectivity index is 1.84. The van der Waals surface area contributed by atoms with Gasteiger partial charge in [-0.3, -0.25) is 4.79 Å². The Bertz CT molecular complexity index is 422. The van der Waals surface area contributed by atoms with Crippen LogP contribution in [0.15, 0.2) is 28.7 Å². The zero-order chi connectivity index (χ0) is 13.0. The number of amides is 1. The van der Waals surface area contributed by atoms with E-state index in [4.69, 9.17) is 0 Å². The largest absolute Gasteiger partial charge is 0.376 e. The minimum absolute atomic E-state index is 0.196. The molecule has 1 amide bonds. The van der Waals surface area contributed by atoms with Crippen LogP contribution >= 0.6 is 15.9 Å². The van der Waals surface area contributed by atoms with Crippen molar-refractivity contribution in [2.75, 3.05) is 25.0 Å². The summed E-state index contributed by atoms with van der Waals surface area (Å²) in [5.41, 5.74) is 0.975. The van der Waals surface area contributed by atoms with Gasteiger partial charge in [0.1, 0.15) is 0 Å². The molecule has 2 rings (SSSR count). The van der Waals surface area contributed by atoms with Gasteiger partial charge in [-0.05, 0) is 37.0 Å². The molecule has 1 aliphatic rings.